The molecule has 1 saturated carbocycles. The second-order valence-corrected chi connectivity index (χ2v) is 15.8. The maximum atomic E-state index is 14.7. The molecule has 1 saturated heterocycles. The fraction of sp³-hybridized carbons (Fsp3) is 0.562. The van der Waals surface area contributed by atoms with Gasteiger partial charge in [-0.15, -0.1) is 0 Å². The zero-order valence-corrected chi connectivity index (χ0v) is 27.8. The van der Waals surface area contributed by atoms with Gasteiger partial charge in [-0.3, -0.25) is 9.59 Å². The summed E-state index contributed by atoms with van der Waals surface area (Å²) in [5, 5.41) is 22.6. The zero-order valence-electron chi connectivity index (χ0n) is 25.4. The number of hydrogen-bond acceptors (Lipinski definition) is 6. The van der Waals surface area contributed by atoms with Gasteiger partial charge in [0.25, 0.3) is 0 Å². The molecule has 0 spiro atoms. The SMILES string of the molecule is CCC(CNS(=O)(=O)C1(C)CC1)N1C(=O)C(C)(CC(=O)NCCC(O)CO)CC(c2cccc(Cl)c2)C1c1ccc(Cl)cc1. The van der Waals surface area contributed by atoms with Gasteiger partial charge in [-0.2, -0.15) is 0 Å². The predicted octanol–water partition coefficient (Wildman–Crippen LogP) is 4.56. The average molecular weight is 669 g/mol. The Morgan fingerprint density at radius 3 is 2.36 bits per heavy atom. The van der Waals surface area contributed by atoms with Crippen LogP contribution in [-0.2, 0) is 19.6 Å². The molecule has 4 rings (SSSR count). The molecule has 9 nitrogen and oxygen atoms in total. The van der Waals surface area contributed by atoms with Crippen molar-refractivity contribution in [1.29, 1.82) is 0 Å². The van der Waals surface area contributed by atoms with Crippen molar-refractivity contribution in [2.75, 3.05) is 19.7 Å². The van der Waals surface area contributed by atoms with E-state index in [9.17, 15) is 23.1 Å². The number of aliphatic hydroxyl groups excluding tert-OH is 2. The summed E-state index contributed by atoms with van der Waals surface area (Å²) in [4.78, 5) is 29.6. The number of nitrogens with zero attached hydrogens (tertiary/aromatic N) is 1. The quantitative estimate of drug-likeness (QED) is 0.233. The van der Waals surface area contributed by atoms with Crippen molar-refractivity contribution >= 4 is 45.0 Å². The minimum Gasteiger partial charge on any atom is -0.394 e. The minimum atomic E-state index is -3.60. The molecule has 2 aromatic rings. The lowest BCUT2D eigenvalue weighted by atomic mass is 9.67. The van der Waals surface area contributed by atoms with E-state index in [-0.39, 0.29) is 43.7 Å². The molecule has 5 unspecified atom stereocenters. The highest BCUT2D eigenvalue weighted by Gasteiger charge is 2.53. The van der Waals surface area contributed by atoms with Crippen LogP contribution >= 0.6 is 23.2 Å². The molecule has 1 heterocycles. The normalized spacial score (nSPS) is 24.5. The highest BCUT2D eigenvalue weighted by atomic mass is 35.5. The van der Waals surface area contributed by atoms with Crippen LogP contribution in [0, 0.1) is 5.41 Å². The van der Waals surface area contributed by atoms with E-state index in [1.807, 2.05) is 37.3 Å². The van der Waals surface area contributed by atoms with E-state index in [4.69, 9.17) is 28.3 Å². The third kappa shape index (κ3) is 7.77. The number of carbonyl (C=O) groups is 2. The van der Waals surface area contributed by atoms with Crippen molar-refractivity contribution < 1.29 is 28.2 Å². The van der Waals surface area contributed by atoms with E-state index < -0.39 is 45.0 Å². The van der Waals surface area contributed by atoms with Crippen LogP contribution in [0.3, 0.4) is 0 Å². The van der Waals surface area contributed by atoms with Crippen molar-refractivity contribution in [2.24, 2.45) is 5.41 Å². The van der Waals surface area contributed by atoms with E-state index in [1.165, 1.54) is 0 Å². The molecule has 242 valence electrons. The fourth-order valence-electron chi connectivity index (χ4n) is 6.10. The molecule has 2 amide bonds. The predicted molar refractivity (Wildman–Crippen MR) is 172 cm³/mol. The number of sulfonamides is 1. The van der Waals surface area contributed by atoms with Gasteiger partial charge < -0.3 is 20.4 Å². The van der Waals surface area contributed by atoms with Gasteiger partial charge >= 0.3 is 0 Å². The van der Waals surface area contributed by atoms with Gasteiger partial charge in [0, 0.05) is 41.5 Å². The Kier molecular flexibility index (Phi) is 11.1. The number of amides is 2. The Labute approximate surface area is 270 Å². The fourth-order valence-corrected chi connectivity index (χ4v) is 7.82. The average Bonchev–Trinajstić information content (AvgIpc) is 3.75. The summed E-state index contributed by atoms with van der Waals surface area (Å²) >= 11 is 12.7. The Morgan fingerprint density at radius 1 is 1.09 bits per heavy atom. The van der Waals surface area contributed by atoms with Gasteiger partial charge in [-0.1, -0.05) is 61.3 Å². The van der Waals surface area contributed by atoms with Gasteiger partial charge in [0.05, 0.1) is 28.9 Å². The van der Waals surface area contributed by atoms with Crippen LogP contribution < -0.4 is 10.0 Å². The first kappa shape index (κ1) is 34.7. The van der Waals surface area contributed by atoms with Gasteiger partial charge in [0.1, 0.15) is 0 Å². The number of likely N-dealkylation sites (tertiary alicyclic amines) is 1. The van der Waals surface area contributed by atoms with Crippen LogP contribution in [0.1, 0.15) is 82.4 Å². The number of piperidine rings is 1. The number of rotatable bonds is 14. The van der Waals surface area contributed by atoms with Crippen LogP contribution in [0.25, 0.3) is 0 Å². The molecule has 0 bridgehead atoms. The Morgan fingerprint density at radius 2 is 1.77 bits per heavy atom. The molecule has 5 atom stereocenters. The Bertz CT molecular complexity index is 1440. The summed E-state index contributed by atoms with van der Waals surface area (Å²) in [5.41, 5.74) is 0.603. The van der Waals surface area contributed by atoms with E-state index in [0.717, 1.165) is 11.1 Å². The lowest BCUT2D eigenvalue weighted by Gasteiger charge is -2.52. The summed E-state index contributed by atoms with van der Waals surface area (Å²) in [6.45, 7) is 5.20. The summed E-state index contributed by atoms with van der Waals surface area (Å²) in [6, 6.07) is 13.8. The summed E-state index contributed by atoms with van der Waals surface area (Å²) < 4.78 is 28.2. The van der Waals surface area contributed by atoms with Gasteiger partial charge in [-0.05, 0) is 74.4 Å². The first-order valence-corrected chi connectivity index (χ1v) is 17.4. The summed E-state index contributed by atoms with van der Waals surface area (Å²) in [7, 11) is -3.60. The molecular weight excluding hydrogens is 625 g/mol. The number of carbonyl (C=O) groups excluding carboxylic acids is 2. The number of aliphatic hydroxyl groups is 2. The molecular formula is C32H43Cl2N3O6S. The van der Waals surface area contributed by atoms with Gasteiger partial charge in [-0.25, -0.2) is 13.1 Å². The zero-order chi connectivity index (χ0) is 32.3. The minimum absolute atomic E-state index is 0.0356. The number of hydrogen-bond donors (Lipinski definition) is 4. The van der Waals surface area contributed by atoms with Gasteiger partial charge in [0.15, 0.2) is 0 Å². The van der Waals surface area contributed by atoms with Crippen molar-refractivity contribution in [3.8, 4) is 0 Å². The summed E-state index contributed by atoms with van der Waals surface area (Å²) in [5.74, 6) is -0.880. The molecule has 2 aliphatic rings. The Balaban J connectivity index is 1.76. The lowest BCUT2D eigenvalue weighted by molar-refractivity contribution is -0.157. The van der Waals surface area contributed by atoms with Crippen LogP contribution in [0.5, 0.6) is 0 Å². The first-order valence-electron chi connectivity index (χ1n) is 15.1. The second kappa shape index (κ2) is 14.1. The number of benzene rings is 2. The molecule has 0 radical (unpaired) electrons. The molecule has 0 aromatic heterocycles. The van der Waals surface area contributed by atoms with E-state index in [1.54, 1.807) is 36.9 Å². The van der Waals surface area contributed by atoms with Crippen molar-refractivity contribution in [3.05, 3.63) is 69.7 Å². The number of nitrogens with one attached hydrogen (secondary N) is 2. The molecule has 1 aliphatic carbocycles. The molecule has 12 heteroatoms. The topological polar surface area (TPSA) is 136 Å². The van der Waals surface area contributed by atoms with Crippen LogP contribution in [0.4, 0.5) is 0 Å². The Hall–Kier alpha value is -2.21. The van der Waals surface area contributed by atoms with Crippen LogP contribution in [0.2, 0.25) is 10.0 Å². The maximum Gasteiger partial charge on any atom is 0.229 e. The van der Waals surface area contributed by atoms with E-state index >= 15 is 0 Å². The van der Waals surface area contributed by atoms with Crippen LogP contribution in [-0.4, -0.2) is 71.9 Å². The molecule has 1 aliphatic heterocycles. The van der Waals surface area contributed by atoms with E-state index in [2.05, 4.69) is 10.0 Å². The lowest BCUT2D eigenvalue weighted by Crippen LogP contribution is -2.58. The van der Waals surface area contributed by atoms with Crippen molar-refractivity contribution in [2.45, 2.75) is 88.1 Å². The monoisotopic (exact) mass is 667 g/mol. The largest absolute Gasteiger partial charge is 0.394 e. The third-order valence-corrected chi connectivity index (χ3v) is 11.9. The third-order valence-electron chi connectivity index (χ3n) is 9.13. The molecule has 2 aromatic carbocycles. The highest BCUT2D eigenvalue weighted by Crippen LogP contribution is 2.52. The standard InChI is InChI=1S/C32H43Cl2N3O6S/c1-4-25(19-36-44(42,43)32(3)13-14-32)37-29(21-8-10-23(33)11-9-21)27(22-6-5-7-24(34)16-22)17-31(2,30(37)41)18-28(40)35-15-12-26(39)20-38/h5-11,16,25-27,29,36,38-39H,4,12-15,17-20H2,1-3H3,(H,35,40). The number of halogens is 2. The summed E-state index contributed by atoms with van der Waals surface area (Å²) in [6.07, 6.45) is 1.11. The van der Waals surface area contributed by atoms with Gasteiger partial charge in [0.2, 0.25) is 21.8 Å². The molecule has 2 fully saturated rings. The smallest absolute Gasteiger partial charge is 0.229 e. The highest BCUT2D eigenvalue weighted by molar-refractivity contribution is 7.91. The maximum absolute atomic E-state index is 14.7. The second-order valence-electron chi connectivity index (χ2n) is 12.7. The molecule has 44 heavy (non-hydrogen) atoms. The van der Waals surface area contributed by atoms with E-state index in [0.29, 0.717) is 35.7 Å². The van der Waals surface area contributed by atoms with Crippen molar-refractivity contribution in [1.82, 2.24) is 14.9 Å². The van der Waals surface area contributed by atoms with Crippen LogP contribution in [0.15, 0.2) is 48.5 Å². The van der Waals surface area contributed by atoms with Crippen molar-refractivity contribution in [3.63, 3.8) is 0 Å². The molecule has 4 N–H and O–H groups in total. The first-order chi connectivity index (χ1) is 20.7.